The third-order valence-electron chi connectivity index (χ3n) is 5.54. The Balaban J connectivity index is 1.34. The normalized spacial score (nSPS) is 16.7. The highest BCUT2D eigenvalue weighted by Crippen LogP contribution is 2.21. The topological polar surface area (TPSA) is 65.2 Å². The van der Waals surface area contributed by atoms with Crippen LogP contribution in [0.3, 0.4) is 0 Å². The van der Waals surface area contributed by atoms with Gasteiger partial charge in [-0.3, -0.25) is 9.59 Å². The number of rotatable bonds is 5. The number of aromatic amines is 1. The minimum atomic E-state index is -0.164. The lowest BCUT2D eigenvalue weighted by Crippen LogP contribution is -2.45. The van der Waals surface area contributed by atoms with Crippen LogP contribution < -0.4 is 5.32 Å². The first kappa shape index (κ1) is 19.5. The summed E-state index contributed by atoms with van der Waals surface area (Å²) >= 11 is 5.90. The van der Waals surface area contributed by atoms with Crippen molar-refractivity contribution in [3.8, 4) is 0 Å². The van der Waals surface area contributed by atoms with Gasteiger partial charge in [-0.25, -0.2) is 0 Å². The van der Waals surface area contributed by atoms with Crippen molar-refractivity contribution < 1.29 is 9.59 Å². The van der Waals surface area contributed by atoms with E-state index in [4.69, 9.17) is 11.6 Å². The van der Waals surface area contributed by atoms with Crippen LogP contribution in [0.5, 0.6) is 0 Å². The molecular weight excluding hydrogens is 386 g/mol. The molecular formula is C23H24ClN3O2. The van der Waals surface area contributed by atoms with Crippen molar-refractivity contribution in [2.75, 3.05) is 13.1 Å². The van der Waals surface area contributed by atoms with Crippen LogP contribution in [-0.4, -0.2) is 34.8 Å². The van der Waals surface area contributed by atoms with E-state index in [-0.39, 0.29) is 17.7 Å². The van der Waals surface area contributed by atoms with E-state index in [0.717, 1.165) is 34.9 Å². The lowest BCUT2D eigenvalue weighted by Gasteiger charge is -2.32. The van der Waals surface area contributed by atoms with Gasteiger partial charge in [-0.1, -0.05) is 41.9 Å². The van der Waals surface area contributed by atoms with Crippen LogP contribution in [0.1, 0.15) is 24.0 Å². The summed E-state index contributed by atoms with van der Waals surface area (Å²) in [4.78, 5) is 30.5. The number of hydrogen-bond acceptors (Lipinski definition) is 2. The summed E-state index contributed by atoms with van der Waals surface area (Å²) in [6.07, 6.45) is 3.91. The predicted molar refractivity (Wildman–Crippen MR) is 115 cm³/mol. The Hall–Kier alpha value is -2.79. The van der Waals surface area contributed by atoms with Crippen molar-refractivity contribution in [1.82, 2.24) is 15.2 Å². The van der Waals surface area contributed by atoms with Crippen LogP contribution in [-0.2, 0) is 22.6 Å². The van der Waals surface area contributed by atoms with Gasteiger partial charge < -0.3 is 15.2 Å². The quantitative estimate of drug-likeness (QED) is 0.670. The number of likely N-dealkylation sites (tertiary alicyclic amines) is 1. The molecule has 6 heteroatoms. The summed E-state index contributed by atoms with van der Waals surface area (Å²) in [5.74, 6) is -0.0857. The maximum atomic E-state index is 12.9. The minimum absolute atomic E-state index is 0.00421. The highest BCUT2D eigenvalue weighted by atomic mass is 35.5. The molecule has 4 rings (SSSR count). The molecule has 0 aliphatic carbocycles. The van der Waals surface area contributed by atoms with E-state index < -0.39 is 0 Å². The summed E-state index contributed by atoms with van der Waals surface area (Å²) in [5, 5.41) is 4.75. The monoisotopic (exact) mass is 409 g/mol. The molecule has 0 unspecified atom stereocenters. The Morgan fingerprint density at radius 2 is 1.93 bits per heavy atom. The molecule has 1 aromatic heterocycles. The average Bonchev–Trinajstić information content (AvgIpc) is 3.16. The number of carbonyl (C=O) groups excluding carboxylic acids is 2. The van der Waals surface area contributed by atoms with Crippen LogP contribution in [0.2, 0.25) is 5.02 Å². The molecule has 0 spiro atoms. The Kier molecular flexibility index (Phi) is 5.86. The first-order chi connectivity index (χ1) is 14.1. The number of H-pyrrole nitrogens is 1. The summed E-state index contributed by atoms with van der Waals surface area (Å²) in [5.41, 5.74) is 3.04. The van der Waals surface area contributed by atoms with E-state index in [1.165, 1.54) is 0 Å². The van der Waals surface area contributed by atoms with Crippen molar-refractivity contribution in [2.24, 2.45) is 5.92 Å². The lowest BCUT2D eigenvalue weighted by molar-refractivity contribution is -0.135. The maximum Gasteiger partial charge on any atom is 0.227 e. The van der Waals surface area contributed by atoms with Crippen LogP contribution in [0.4, 0.5) is 0 Å². The van der Waals surface area contributed by atoms with Crippen molar-refractivity contribution in [2.45, 2.75) is 25.8 Å². The number of aromatic nitrogens is 1. The van der Waals surface area contributed by atoms with Crippen molar-refractivity contribution in [3.05, 3.63) is 70.9 Å². The molecule has 150 valence electrons. The summed E-state index contributed by atoms with van der Waals surface area (Å²) < 4.78 is 0. The Morgan fingerprint density at radius 1 is 1.14 bits per heavy atom. The molecule has 2 aromatic carbocycles. The summed E-state index contributed by atoms with van der Waals surface area (Å²) in [6, 6.07) is 15.4. The summed E-state index contributed by atoms with van der Waals surface area (Å²) in [7, 11) is 0. The number of nitrogens with one attached hydrogen (secondary N) is 2. The van der Waals surface area contributed by atoms with Crippen LogP contribution in [0.15, 0.2) is 54.7 Å². The SMILES string of the molecule is O=C(NCc1ccc(Cl)cc1)[C@H]1CCCN(C(=O)Cc2c[nH]c3ccccc23)C1. The van der Waals surface area contributed by atoms with E-state index in [1.54, 1.807) is 0 Å². The first-order valence-corrected chi connectivity index (χ1v) is 10.3. The van der Waals surface area contributed by atoms with Gasteiger partial charge in [0.15, 0.2) is 0 Å². The van der Waals surface area contributed by atoms with Gasteiger partial charge in [0, 0.05) is 41.8 Å². The number of fused-ring (bicyclic) bond motifs is 1. The van der Waals surface area contributed by atoms with Gasteiger partial charge in [0.25, 0.3) is 0 Å². The van der Waals surface area contributed by atoms with Gasteiger partial charge in [-0.2, -0.15) is 0 Å². The second-order valence-electron chi connectivity index (χ2n) is 7.56. The van der Waals surface area contributed by atoms with Gasteiger partial charge >= 0.3 is 0 Å². The Labute approximate surface area is 175 Å². The number of amides is 2. The molecule has 2 N–H and O–H groups in total. The Morgan fingerprint density at radius 3 is 2.76 bits per heavy atom. The van der Waals surface area contributed by atoms with Crippen molar-refractivity contribution in [1.29, 1.82) is 0 Å². The average molecular weight is 410 g/mol. The molecule has 29 heavy (non-hydrogen) atoms. The number of benzene rings is 2. The van der Waals surface area contributed by atoms with Gasteiger partial charge in [-0.05, 0) is 42.2 Å². The van der Waals surface area contributed by atoms with Crippen LogP contribution >= 0.6 is 11.6 Å². The smallest absolute Gasteiger partial charge is 0.227 e. The molecule has 0 bridgehead atoms. The second-order valence-corrected chi connectivity index (χ2v) is 8.00. The number of hydrogen-bond donors (Lipinski definition) is 2. The molecule has 0 radical (unpaired) electrons. The highest BCUT2D eigenvalue weighted by Gasteiger charge is 2.28. The van der Waals surface area contributed by atoms with Crippen molar-refractivity contribution in [3.63, 3.8) is 0 Å². The third-order valence-corrected chi connectivity index (χ3v) is 5.79. The fraction of sp³-hybridized carbons (Fsp3) is 0.304. The third kappa shape index (κ3) is 4.62. The van der Waals surface area contributed by atoms with Gasteiger partial charge in [-0.15, -0.1) is 0 Å². The van der Waals surface area contributed by atoms with Gasteiger partial charge in [0.1, 0.15) is 0 Å². The van der Waals surface area contributed by atoms with Crippen molar-refractivity contribution >= 4 is 34.3 Å². The van der Waals surface area contributed by atoms with E-state index in [1.807, 2.05) is 59.6 Å². The highest BCUT2D eigenvalue weighted by molar-refractivity contribution is 6.30. The lowest BCUT2D eigenvalue weighted by atomic mass is 9.96. The molecule has 0 saturated carbocycles. The molecule has 5 nitrogen and oxygen atoms in total. The predicted octanol–water partition coefficient (Wildman–Crippen LogP) is 3.92. The molecule has 1 aliphatic rings. The molecule has 1 aliphatic heterocycles. The van der Waals surface area contributed by atoms with Crippen LogP contribution in [0, 0.1) is 5.92 Å². The Bertz CT molecular complexity index is 1010. The minimum Gasteiger partial charge on any atom is -0.361 e. The van der Waals surface area contributed by atoms with Crippen LogP contribution in [0.25, 0.3) is 10.9 Å². The zero-order valence-corrected chi connectivity index (χ0v) is 16.9. The molecule has 1 saturated heterocycles. The largest absolute Gasteiger partial charge is 0.361 e. The number of nitrogens with zero attached hydrogens (tertiary/aromatic N) is 1. The maximum absolute atomic E-state index is 12.9. The molecule has 2 heterocycles. The van der Waals surface area contributed by atoms with E-state index >= 15 is 0 Å². The van der Waals surface area contributed by atoms with E-state index in [9.17, 15) is 9.59 Å². The molecule has 1 atom stereocenters. The molecule has 1 fully saturated rings. The van der Waals surface area contributed by atoms with Gasteiger partial charge in [0.05, 0.1) is 12.3 Å². The van der Waals surface area contributed by atoms with E-state index in [2.05, 4.69) is 10.3 Å². The fourth-order valence-electron chi connectivity index (χ4n) is 3.91. The summed E-state index contributed by atoms with van der Waals surface area (Å²) in [6.45, 7) is 1.66. The van der Waals surface area contributed by atoms with Gasteiger partial charge in [0.2, 0.25) is 11.8 Å². The zero-order chi connectivity index (χ0) is 20.2. The number of para-hydroxylation sites is 1. The zero-order valence-electron chi connectivity index (χ0n) is 16.2. The fourth-order valence-corrected chi connectivity index (χ4v) is 4.03. The van der Waals surface area contributed by atoms with E-state index in [0.29, 0.717) is 31.1 Å². The number of piperidine rings is 1. The number of carbonyl (C=O) groups is 2. The molecule has 2 amide bonds. The molecule has 3 aromatic rings. The second kappa shape index (κ2) is 8.70. The number of halogens is 1. The first-order valence-electron chi connectivity index (χ1n) is 9.95. The standard InChI is InChI=1S/C23H24ClN3O2/c24-19-9-7-16(8-10-19)13-26-23(29)17-4-3-11-27(15-17)22(28)12-18-14-25-21-6-2-1-5-20(18)21/h1-2,5-10,14,17,25H,3-4,11-13,15H2,(H,26,29)/t17-/m0/s1.